The van der Waals surface area contributed by atoms with Crippen molar-refractivity contribution in [1.29, 1.82) is 5.26 Å². The minimum absolute atomic E-state index is 0.453. The molecule has 2 heterocycles. The summed E-state index contributed by atoms with van der Waals surface area (Å²) in [6, 6.07) is 4.73. The number of thioether (sulfide) groups is 1. The molecule has 1 saturated heterocycles. The monoisotopic (exact) mass is 247 g/mol. The molecule has 0 amide bonds. The van der Waals surface area contributed by atoms with Gasteiger partial charge in [-0.05, 0) is 32.4 Å². The van der Waals surface area contributed by atoms with Gasteiger partial charge in [-0.15, -0.1) is 0 Å². The van der Waals surface area contributed by atoms with Crippen LogP contribution in [0.2, 0.25) is 0 Å². The number of nitrogens with zero attached hydrogens (tertiary/aromatic N) is 3. The maximum absolute atomic E-state index is 9.29. The number of aromatic nitrogens is 1. The topological polar surface area (TPSA) is 39.9 Å². The number of hydrogen-bond donors (Lipinski definition) is 0. The van der Waals surface area contributed by atoms with E-state index in [2.05, 4.69) is 22.9 Å². The van der Waals surface area contributed by atoms with Gasteiger partial charge in [0.15, 0.2) is 0 Å². The van der Waals surface area contributed by atoms with Crippen molar-refractivity contribution in [3.63, 3.8) is 0 Å². The van der Waals surface area contributed by atoms with Gasteiger partial charge in [-0.2, -0.15) is 17.0 Å². The Morgan fingerprint density at radius 2 is 2.29 bits per heavy atom. The zero-order chi connectivity index (χ0) is 12.4. The Labute approximate surface area is 107 Å². The Kier molecular flexibility index (Phi) is 3.58. The third kappa shape index (κ3) is 2.39. The van der Waals surface area contributed by atoms with Crippen LogP contribution in [0.4, 0.5) is 5.82 Å². The van der Waals surface area contributed by atoms with Crippen LogP contribution in [0.25, 0.3) is 0 Å². The van der Waals surface area contributed by atoms with E-state index in [1.165, 1.54) is 0 Å². The molecule has 1 unspecified atom stereocenters. The largest absolute Gasteiger partial charge is 0.351 e. The van der Waals surface area contributed by atoms with E-state index in [4.69, 9.17) is 0 Å². The fourth-order valence-electron chi connectivity index (χ4n) is 2.20. The zero-order valence-corrected chi connectivity index (χ0v) is 11.3. The van der Waals surface area contributed by atoms with Crippen molar-refractivity contribution < 1.29 is 0 Å². The van der Waals surface area contributed by atoms with Crippen LogP contribution in [-0.4, -0.2) is 29.1 Å². The Morgan fingerprint density at radius 3 is 2.94 bits per heavy atom. The lowest BCUT2D eigenvalue weighted by atomic mass is 10.1. The first-order valence-corrected chi connectivity index (χ1v) is 7.01. The van der Waals surface area contributed by atoms with Gasteiger partial charge in [0, 0.05) is 29.8 Å². The lowest BCUT2D eigenvalue weighted by molar-refractivity contribution is 0.687. The Balaban J connectivity index is 2.46. The van der Waals surface area contributed by atoms with Crippen LogP contribution in [0.5, 0.6) is 0 Å². The summed E-state index contributed by atoms with van der Waals surface area (Å²) in [5.41, 5.74) is 2.75. The highest BCUT2D eigenvalue weighted by molar-refractivity contribution is 7.99. The normalized spacial score (nSPS) is 20.1. The maximum atomic E-state index is 9.29. The SMILES string of the molecule is Cc1cc(C)c(C#N)c(N2CCSCC2C)n1. The first-order valence-electron chi connectivity index (χ1n) is 5.86. The van der Waals surface area contributed by atoms with Gasteiger partial charge in [-0.3, -0.25) is 0 Å². The summed E-state index contributed by atoms with van der Waals surface area (Å²) in [5.74, 6) is 3.10. The van der Waals surface area contributed by atoms with Crippen molar-refractivity contribution in [2.45, 2.75) is 26.8 Å². The van der Waals surface area contributed by atoms with Crippen LogP contribution in [0, 0.1) is 25.2 Å². The summed E-state index contributed by atoms with van der Waals surface area (Å²) >= 11 is 1.97. The van der Waals surface area contributed by atoms with Gasteiger partial charge in [0.25, 0.3) is 0 Å². The molecule has 3 nitrogen and oxygen atoms in total. The molecule has 0 aliphatic carbocycles. The molecule has 90 valence electrons. The molecule has 1 aromatic rings. The van der Waals surface area contributed by atoms with Gasteiger partial charge in [-0.1, -0.05) is 0 Å². The fourth-order valence-corrected chi connectivity index (χ4v) is 3.22. The van der Waals surface area contributed by atoms with Crippen LogP contribution in [0.3, 0.4) is 0 Å². The summed E-state index contributed by atoms with van der Waals surface area (Å²) in [4.78, 5) is 6.85. The van der Waals surface area contributed by atoms with E-state index in [0.717, 1.165) is 40.7 Å². The molecule has 4 heteroatoms. The molecule has 17 heavy (non-hydrogen) atoms. The molecule has 1 fully saturated rings. The average Bonchev–Trinajstić information content (AvgIpc) is 2.28. The molecule has 0 spiro atoms. The first-order chi connectivity index (χ1) is 8.13. The molecule has 1 atom stereocenters. The van der Waals surface area contributed by atoms with Gasteiger partial charge >= 0.3 is 0 Å². The van der Waals surface area contributed by atoms with Crippen molar-refractivity contribution in [3.8, 4) is 6.07 Å². The first kappa shape index (κ1) is 12.3. The molecule has 0 N–H and O–H groups in total. The predicted octanol–water partition coefficient (Wildman–Crippen LogP) is 2.51. The second-order valence-corrected chi connectivity index (χ2v) is 5.66. The minimum Gasteiger partial charge on any atom is -0.351 e. The quantitative estimate of drug-likeness (QED) is 0.764. The third-order valence-electron chi connectivity index (χ3n) is 3.08. The predicted molar refractivity (Wildman–Crippen MR) is 72.6 cm³/mol. The summed E-state index contributed by atoms with van der Waals surface area (Å²) < 4.78 is 0. The summed E-state index contributed by atoms with van der Waals surface area (Å²) in [6.45, 7) is 7.16. The fraction of sp³-hybridized carbons (Fsp3) is 0.538. The summed E-state index contributed by atoms with van der Waals surface area (Å²) in [6.07, 6.45) is 0. The lowest BCUT2D eigenvalue weighted by Crippen LogP contribution is -2.41. The molecule has 1 aliphatic rings. The van der Waals surface area contributed by atoms with Gasteiger partial charge in [0.2, 0.25) is 0 Å². The molecule has 0 bridgehead atoms. The molecule has 1 aromatic heterocycles. The number of hydrogen-bond acceptors (Lipinski definition) is 4. The van der Waals surface area contributed by atoms with E-state index in [1.807, 2.05) is 31.7 Å². The molecule has 0 radical (unpaired) electrons. The molecule has 1 aliphatic heterocycles. The highest BCUT2D eigenvalue weighted by atomic mass is 32.2. The van der Waals surface area contributed by atoms with Crippen LogP contribution >= 0.6 is 11.8 Å². The molecule has 0 saturated carbocycles. The van der Waals surface area contributed by atoms with Crippen LogP contribution < -0.4 is 4.90 Å². The summed E-state index contributed by atoms with van der Waals surface area (Å²) in [7, 11) is 0. The molecular weight excluding hydrogens is 230 g/mol. The number of aryl methyl sites for hydroxylation is 2. The van der Waals surface area contributed by atoms with E-state index in [-0.39, 0.29) is 0 Å². The van der Waals surface area contributed by atoms with E-state index in [9.17, 15) is 5.26 Å². The Morgan fingerprint density at radius 1 is 1.53 bits per heavy atom. The van der Waals surface area contributed by atoms with Gasteiger partial charge in [0.1, 0.15) is 11.9 Å². The van der Waals surface area contributed by atoms with Gasteiger partial charge in [-0.25, -0.2) is 4.98 Å². The molecule has 2 rings (SSSR count). The molecular formula is C13H17N3S. The molecule has 0 aromatic carbocycles. The number of rotatable bonds is 1. The summed E-state index contributed by atoms with van der Waals surface area (Å²) in [5, 5.41) is 9.29. The van der Waals surface area contributed by atoms with Crippen LogP contribution in [-0.2, 0) is 0 Å². The van der Waals surface area contributed by atoms with E-state index in [0.29, 0.717) is 6.04 Å². The van der Waals surface area contributed by atoms with Gasteiger partial charge < -0.3 is 4.90 Å². The Hall–Kier alpha value is -1.21. The van der Waals surface area contributed by atoms with E-state index >= 15 is 0 Å². The van der Waals surface area contributed by atoms with E-state index < -0.39 is 0 Å². The minimum atomic E-state index is 0.453. The van der Waals surface area contributed by atoms with Crippen molar-refractivity contribution in [2.24, 2.45) is 0 Å². The lowest BCUT2D eigenvalue weighted by Gasteiger charge is -2.35. The highest BCUT2D eigenvalue weighted by Crippen LogP contribution is 2.27. The van der Waals surface area contributed by atoms with Gasteiger partial charge in [0.05, 0.1) is 5.56 Å². The van der Waals surface area contributed by atoms with Crippen molar-refractivity contribution >= 4 is 17.6 Å². The maximum Gasteiger partial charge on any atom is 0.147 e. The average molecular weight is 247 g/mol. The number of anilines is 1. The van der Waals surface area contributed by atoms with Crippen molar-refractivity contribution in [2.75, 3.05) is 23.0 Å². The second-order valence-electron chi connectivity index (χ2n) is 4.51. The zero-order valence-electron chi connectivity index (χ0n) is 10.5. The second kappa shape index (κ2) is 4.97. The number of pyridine rings is 1. The van der Waals surface area contributed by atoms with Crippen LogP contribution in [0.1, 0.15) is 23.7 Å². The van der Waals surface area contributed by atoms with Crippen molar-refractivity contribution in [1.82, 2.24) is 4.98 Å². The van der Waals surface area contributed by atoms with Crippen molar-refractivity contribution in [3.05, 3.63) is 22.9 Å². The smallest absolute Gasteiger partial charge is 0.147 e. The van der Waals surface area contributed by atoms with Crippen LogP contribution in [0.15, 0.2) is 6.07 Å². The number of nitriles is 1. The van der Waals surface area contributed by atoms with E-state index in [1.54, 1.807) is 0 Å². The standard InChI is InChI=1S/C13H17N3S/c1-9-6-10(2)15-13(12(9)7-14)16-4-5-17-8-11(16)3/h6,11H,4-5,8H2,1-3H3. The highest BCUT2D eigenvalue weighted by Gasteiger charge is 2.23. The Bertz CT molecular complexity index is 464. The third-order valence-corrected chi connectivity index (χ3v) is 4.27.